The lowest BCUT2D eigenvalue weighted by molar-refractivity contribution is -0.134. The van der Waals surface area contributed by atoms with Crippen LogP contribution in [0.5, 0.6) is 5.75 Å². The first-order valence-corrected chi connectivity index (χ1v) is 8.67. The fraction of sp³-hybridized carbons (Fsp3) is 0.444. The zero-order chi connectivity index (χ0) is 18.1. The summed E-state index contributed by atoms with van der Waals surface area (Å²) in [4.78, 5) is 14.5. The highest BCUT2D eigenvalue weighted by molar-refractivity contribution is 6.09. The second kappa shape index (κ2) is 6.44. The first-order chi connectivity index (χ1) is 12.7. The van der Waals surface area contributed by atoms with Gasteiger partial charge in [-0.1, -0.05) is 31.0 Å². The number of fused-ring (bicyclic) bond motifs is 2. The van der Waals surface area contributed by atoms with E-state index < -0.39 is 5.97 Å². The molecule has 2 heterocycles. The predicted molar refractivity (Wildman–Crippen MR) is 92.8 cm³/mol. The van der Waals surface area contributed by atoms with E-state index in [9.17, 15) is 4.79 Å². The number of benzene rings is 1. The highest BCUT2D eigenvalue weighted by Gasteiger charge is 2.48. The van der Waals surface area contributed by atoms with Crippen LogP contribution in [-0.2, 0) is 21.6 Å². The van der Waals surface area contributed by atoms with Crippen molar-refractivity contribution in [2.24, 2.45) is 0 Å². The zero-order valence-electron chi connectivity index (χ0n) is 14.9. The molecular formula is C18H21N5O3. The Morgan fingerprint density at radius 3 is 2.73 bits per heavy atom. The molecule has 2 aliphatic rings. The third-order valence-corrected chi connectivity index (χ3v) is 5.30. The molecule has 136 valence electrons. The third-order valence-electron chi connectivity index (χ3n) is 5.30. The van der Waals surface area contributed by atoms with Gasteiger partial charge in [0.2, 0.25) is 0 Å². The number of carbonyl (C=O) groups is 1. The van der Waals surface area contributed by atoms with Gasteiger partial charge in [0.15, 0.2) is 11.5 Å². The van der Waals surface area contributed by atoms with Crippen molar-refractivity contribution in [1.29, 1.82) is 0 Å². The standard InChI is InChI=1S/C18H21N5O3/c1-25-15-8-4-3-7-13(15)11-22-12-14(16(24)26-2)23-17(19-20-21-23)18(22)9-5-6-10-18/h3-4,7-8,12H,5-6,9-11H2,1-2H3. The molecule has 0 amide bonds. The first kappa shape index (κ1) is 16.6. The van der Waals surface area contributed by atoms with E-state index in [1.54, 1.807) is 7.11 Å². The Morgan fingerprint density at radius 1 is 1.23 bits per heavy atom. The van der Waals surface area contributed by atoms with Gasteiger partial charge in [-0.05, 0) is 29.3 Å². The maximum absolute atomic E-state index is 12.3. The van der Waals surface area contributed by atoms with Gasteiger partial charge in [-0.2, -0.15) is 4.68 Å². The van der Waals surface area contributed by atoms with Crippen molar-refractivity contribution in [1.82, 2.24) is 25.1 Å². The molecule has 2 aromatic rings. The molecule has 0 radical (unpaired) electrons. The van der Waals surface area contributed by atoms with Crippen LogP contribution in [0.4, 0.5) is 0 Å². The molecule has 0 atom stereocenters. The summed E-state index contributed by atoms with van der Waals surface area (Å²) in [6.45, 7) is 0.595. The minimum atomic E-state index is -0.462. The molecule has 0 unspecified atom stereocenters. The van der Waals surface area contributed by atoms with E-state index in [2.05, 4.69) is 20.4 Å². The van der Waals surface area contributed by atoms with Crippen molar-refractivity contribution in [3.8, 4) is 5.75 Å². The lowest BCUT2D eigenvalue weighted by Crippen LogP contribution is -2.46. The zero-order valence-corrected chi connectivity index (χ0v) is 14.9. The number of ether oxygens (including phenoxy) is 2. The van der Waals surface area contributed by atoms with E-state index in [0.717, 1.165) is 37.0 Å². The average molecular weight is 355 g/mol. The molecule has 1 aromatic carbocycles. The van der Waals surface area contributed by atoms with Gasteiger partial charge < -0.3 is 14.4 Å². The summed E-state index contributed by atoms with van der Waals surface area (Å²) in [5.74, 6) is 1.06. The van der Waals surface area contributed by atoms with E-state index in [1.165, 1.54) is 11.8 Å². The number of carbonyl (C=O) groups excluding carboxylic acids is 1. The van der Waals surface area contributed by atoms with Crippen LogP contribution in [0, 0.1) is 0 Å². The first-order valence-electron chi connectivity index (χ1n) is 8.67. The van der Waals surface area contributed by atoms with Gasteiger partial charge in [-0.15, -0.1) is 5.10 Å². The van der Waals surface area contributed by atoms with Crippen LogP contribution in [0.25, 0.3) is 5.70 Å². The number of esters is 1. The molecule has 8 nitrogen and oxygen atoms in total. The van der Waals surface area contributed by atoms with Crippen LogP contribution < -0.4 is 4.74 Å². The van der Waals surface area contributed by atoms with Crippen molar-refractivity contribution in [2.45, 2.75) is 37.8 Å². The highest BCUT2D eigenvalue weighted by atomic mass is 16.5. The smallest absolute Gasteiger partial charge is 0.358 e. The molecular weight excluding hydrogens is 334 g/mol. The second-order valence-electron chi connectivity index (χ2n) is 6.60. The summed E-state index contributed by atoms with van der Waals surface area (Å²) in [7, 11) is 3.02. The van der Waals surface area contributed by atoms with Gasteiger partial charge in [0.05, 0.1) is 14.2 Å². The number of para-hydroxylation sites is 1. The average Bonchev–Trinajstić information content (AvgIpc) is 3.34. The van der Waals surface area contributed by atoms with Crippen molar-refractivity contribution >= 4 is 11.7 Å². The normalized spacial score (nSPS) is 17.8. The molecule has 1 fully saturated rings. The molecule has 26 heavy (non-hydrogen) atoms. The lowest BCUT2D eigenvalue weighted by atomic mass is 9.91. The molecule has 0 bridgehead atoms. The molecule has 1 spiro atoms. The second-order valence-corrected chi connectivity index (χ2v) is 6.60. The minimum Gasteiger partial charge on any atom is -0.496 e. The fourth-order valence-electron chi connectivity index (χ4n) is 4.02. The van der Waals surface area contributed by atoms with Crippen molar-refractivity contribution < 1.29 is 14.3 Å². The van der Waals surface area contributed by atoms with Crippen LogP contribution in [0.15, 0.2) is 30.5 Å². The lowest BCUT2D eigenvalue weighted by Gasteiger charge is -2.42. The number of nitrogens with zero attached hydrogens (tertiary/aromatic N) is 5. The Bertz CT molecular complexity index is 854. The third kappa shape index (κ3) is 2.44. The maximum Gasteiger partial charge on any atom is 0.358 e. The Balaban J connectivity index is 1.81. The van der Waals surface area contributed by atoms with Crippen LogP contribution in [0.2, 0.25) is 0 Å². The molecule has 0 saturated heterocycles. The summed E-state index contributed by atoms with van der Waals surface area (Å²) in [5, 5.41) is 12.1. The van der Waals surface area contributed by atoms with Crippen molar-refractivity contribution in [3.05, 3.63) is 41.9 Å². The van der Waals surface area contributed by atoms with Crippen LogP contribution in [-0.4, -0.2) is 45.3 Å². The molecule has 4 rings (SSSR count). The number of aromatic nitrogens is 4. The predicted octanol–water partition coefficient (Wildman–Crippen LogP) is 1.94. The van der Waals surface area contributed by atoms with E-state index in [0.29, 0.717) is 18.1 Å². The quantitative estimate of drug-likeness (QED) is 0.775. The molecule has 8 heteroatoms. The van der Waals surface area contributed by atoms with E-state index in [1.807, 2.05) is 30.5 Å². The summed E-state index contributed by atoms with van der Waals surface area (Å²) in [6, 6.07) is 7.90. The number of hydrogen-bond acceptors (Lipinski definition) is 7. The highest BCUT2D eigenvalue weighted by Crippen LogP contribution is 2.47. The van der Waals surface area contributed by atoms with Crippen LogP contribution >= 0.6 is 0 Å². The Labute approximate surface area is 151 Å². The van der Waals surface area contributed by atoms with Crippen molar-refractivity contribution in [2.75, 3.05) is 14.2 Å². The summed E-state index contributed by atoms with van der Waals surface area (Å²) in [6.07, 6.45) is 5.89. The summed E-state index contributed by atoms with van der Waals surface area (Å²) < 4.78 is 12.0. The van der Waals surface area contributed by atoms with Gasteiger partial charge in [-0.3, -0.25) is 0 Å². The Kier molecular flexibility index (Phi) is 4.10. The number of methoxy groups -OCH3 is 2. The van der Waals surface area contributed by atoms with Crippen LogP contribution in [0.3, 0.4) is 0 Å². The van der Waals surface area contributed by atoms with Gasteiger partial charge >= 0.3 is 5.97 Å². The molecule has 1 aliphatic carbocycles. The van der Waals surface area contributed by atoms with Gasteiger partial charge in [0.25, 0.3) is 0 Å². The molecule has 1 aliphatic heterocycles. The minimum absolute atomic E-state index is 0.318. The van der Waals surface area contributed by atoms with Gasteiger partial charge in [0.1, 0.15) is 11.3 Å². The number of rotatable bonds is 4. The van der Waals surface area contributed by atoms with E-state index >= 15 is 0 Å². The summed E-state index contributed by atoms with van der Waals surface area (Å²) >= 11 is 0. The maximum atomic E-state index is 12.3. The Hall–Kier alpha value is -2.90. The molecule has 0 N–H and O–H groups in total. The van der Waals surface area contributed by atoms with Crippen molar-refractivity contribution in [3.63, 3.8) is 0 Å². The van der Waals surface area contributed by atoms with Gasteiger partial charge in [-0.25, -0.2) is 4.79 Å². The van der Waals surface area contributed by atoms with E-state index in [-0.39, 0.29) is 5.54 Å². The SMILES string of the molecule is COC(=O)C1=CN(Cc2ccccc2OC)C2(CCCC2)c2nnnn21. The molecule has 1 aromatic heterocycles. The van der Waals surface area contributed by atoms with E-state index in [4.69, 9.17) is 9.47 Å². The number of tetrazole rings is 1. The van der Waals surface area contributed by atoms with Crippen LogP contribution in [0.1, 0.15) is 37.1 Å². The topological polar surface area (TPSA) is 82.4 Å². The fourth-order valence-corrected chi connectivity index (χ4v) is 4.02. The molecule has 1 saturated carbocycles. The Morgan fingerprint density at radius 2 is 2.00 bits per heavy atom. The number of hydrogen-bond donors (Lipinski definition) is 0. The largest absolute Gasteiger partial charge is 0.496 e. The van der Waals surface area contributed by atoms with Gasteiger partial charge in [0, 0.05) is 18.3 Å². The monoisotopic (exact) mass is 355 g/mol. The summed E-state index contributed by atoms with van der Waals surface area (Å²) in [5.41, 5.74) is 1.05.